The number of amides is 3. The van der Waals surface area contributed by atoms with Gasteiger partial charge in [-0.3, -0.25) is 14.4 Å². The molecule has 0 fully saturated rings. The monoisotopic (exact) mass is 287 g/mol. The van der Waals surface area contributed by atoms with Crippen molar-refractivity contribution >= 4 is 29.3 Å². The lowest BCUT2D eigenvalue weighted by molar-refractivity contribution is -0.162. The standard InChI is InChI=1S/C14H13N3O4/c1-8-15-17(10(3)19)14(21-8)11-6-4-5-7-12(11)16(9(2)18)13(14)20/h4-7H,1-3H3. The molecule has 0 aromatic heterocycles. The SMILES string of the molecule is CC(=O)N1C(=O)C2(OC(C)=NN2C(C)=O)c2ccccc21. The Kier molecular flexibility index (Phi) is 2.62. The molecule has 1 unspecified atom stereocenters. The topological polar surface area (TPSA) is 79.3 Å². The molecule has 0 bridgehead atoms. The molecule has 108 valence electrons. The van der Waals surface area contributed by atoms with Gasteiger partial charge in [0.25, 0.3) is 0 Å². The van der Waals surface area contributed by atoms with Gasteiger partial charge in [-0.1, -0.05) is 18.2 Å². The van der Waals surface area contributed by atoms with E-state index in [0.717, 1.165) is 9.91 Å². The van der Waals surface area contributed by atoms with Crippen LogP contribution in [0.5, 0.6) is 0 Å². The lowest BCUT2D eigenvalue weighted by Crippen LogP contribution is -2.52. The van der Waals surface area contributed by atoms with Crippen LogP contribution in [0.15, 0.2) is 29.4 Å². The van der Waals surface area contributed by atoms with Crippen molar-refractivity contribution in [3.8, 4) is 0 Å². The molecule has 2 aliphatic heterocycles. The maximum absolute atomic E-state index is 12.8. The fourth-order valence-electron chi connectivity index (χ4n) is 2.73. The number of fused-ring (bicyclic) bond motifs is 2. The third-order valence-electron chi connectivity index (χ3n) is 3.45. The minimum absolute atomic E-state index is 0.193. The van der Waals surface area contributed by atoms with E-state index in [4.69, 9.17) is 4.74 Å². The van der Waals surface area contributed by atoms with Crippen molar-refractivity contribution in [1.29, 1.82) is 0 Å². The normalized spacial score (nSPS) is 23.2. The van der Waals surface area contributed by atoms with Gasteiger partial charge in [-0.15, -0.1) is 5.10 Å². The minimum atomic E-state index is -1.71. The molecule has 0 saturated carbocycles. The molecule has 1 atom stereocenters. The average Bonchev–Trinajstić information content (AvgIpc) is 2.88. The number of benzene rings is 1. The van der Waals surface area contributed by atoms with E-state index in [1.807, 2.05) is 0 Å². The molecule has 21 heavy (non-hydrogen) atoms. The third kappa shape index (κ3) is 1.54. The second-order valence-corrected chi connectivity index (χ2v) is 4.87. The van der Waals surface area contributed by atoms with Crippen LogP contribution in [0.3, 0.4) is 0 Å². The highest BCUT2D eigenvalue weighted by Gasteiger charge is 2.62. The number of carbonyl (C=O) groups is 3. The van der Waals surface area contributed by atoms with E-state index in [1.165, 1.54) is 13.8 Å². The Morgan fingerprint density at radius 3 is 2.48 bits per heavy atom. The molecule has 7 nitrogen and oxygen atoms in total. The van der Waals surface area contributed by atoms with Crippen LogP contribution in [0.1, 0.15) is 26.3 Å². The summed E-state index contributed by atoms with van der Waals surface area (Å²) in [5, 5.41) is 4.98. The fourth-order valence-corrected chi connectivity index (χ4v) is 2.73. The average molecular weight is 287 g/mol. The number of hydrogen-bond donors (Lipinski definition) is 0. The molecule has 3 amide bonds. The minimum Gasteiger partial charge on any atom is -0.438 e. The van der Waals surface area contributed by atoms with Gasteiger partial charge < -0.3 is 4.74 Å². The molecule has 2 aliphatic rings. The van der Waals surface area contributed by atoms with Crippen LogP contribution in [0.2, 0.25) is 0 Å². The fraction of sp³-hybridized carbons (Fsp3) is 0.286. The molecule has 1 spiro atoms. The van der Waals surface area contributed by atoms with Crippen LogP contribution in [0.4, 0.5) is 5.69 Å². The summed E-state index contributed by atoms with van der Waals surface area (Å²) in [4.78, 5) is 37.5. The van der Waals surface area contributed by atoms with Crippen LogP contribution in [-0.4, -0.2) is 28.6 Å². The molecule has 3 rings (SSSR count). The number of imide groups is 1. The first-order valence-corrected chi connectivity index (χ1v) is 6.39. The quantitative estimate of drug-likeness (QED) is 0.711. The van der Waals surface area contributed by atoms with E-state index in [-0.39, 0.29) is 5.90 Å². The summed E-state index contributed by atoms with van der Waals surface area (Å²) in [5.41, 5.74) is -0.870. The maximum atomic E-state index is 12.8. The molecule has 7 heteroatoms. The predicted octanol–water partition coefficient (Wildman–Crippen LogP) is 0.945. The Morgan fingerprint density at radius 1 is 1.19 bits per heavy atom. The highest BCUT2D eigenvalue weighted by Crippen LogP contribution is 2.47. The summed E-state index contributed by atoms with van der Waals surface area (Å²) in [6, 6.07) is 6.72. The van der Waals surface area contributed by atoms with E-state index < -0.39 is 23.4 Å². The molecule has 0 saturated heterocycles. The smallest absolute Gasteiger partial charge is 0.314 e. The second kappa shape index (κ2) is 4.15. The van der Waals surface area contributed by atoms with Gasteiger partial charge in [-0.05, 0) is 6.07 Å². The number of hydrogen-bond acceptors (Lipinski definition) is 5. The van der Waals surface area contributed by atoms with Crippen molar-refractivity contribution in [1.82, 2.24) is 5.01 Å². The van der Waals surface area contributed by atoms with E-state index in [1.54, 1.807) is 31.2 Å². The van der Waals surface area contributed by atoms with Crippen molar-refractivity contribution in [3.05, 3.63) is 29.8 Å². The first-order valence-electron chi connectivity index (χ1n) is 6.39. The number of hydrazone groups is 1. The van der Waals surface area contributed by atoms with Gasteiger partial charge in [0.2, 0.25) is 17.7 Å². The lowest BCUT2D eigenvalue weighted by atomic mass is 10.0. The van der Waals surface area contributed by atoms with E-state index in [0.29, 0.717) is 11.3 Å². The van der Waals surface area contributed by atoms with E-state index >= 15 is 0 Å². The molecule has 1 aromatic rings. The van der Waals surface area contributed by atoms with Crippen molar-refractivity contribution in [2.45, 2.75) is 26.5 Å². The highest BCUT2D eigenvalue weighted by atomic mass is 16.6. The van der Waals surface area contributed by atoms with E-state index in [9.17, 15) is 14.4 Å². The van der Waals surface area contributed by atoms with Crippen LogP contribution < -0.4 is 4.90 Å². The Morgan fingerprint density at radius 2 is 1.86 bits per heavy atom. The summed E-state index contributed by atoms with van der Waals surface area (Å²) >= 11 is 0. The van der Waals surface area contributed by atoms with Gasteiger partial charge in [0, 0.05) is 20.8 Å². The molecule has 2 heterocycles. The maximum Gasteiger partial charge on any atom is 0.314 e. The summed E-state index contributed by atoms with van der Waals surface area (Å²) < 4.78 is 5.61. The summed E-state index contributed by atoms with van der Waals surface area (Å²) in [6.07, 6.45) is 0. The van der Waals surface area contributed by atoms with Gasteiger partial charge in [0.05, 0.1) is 11.3 Å². The zero-order valence-corrected chi connectivity index (χ0v) is 11.8. The summed E-state index contributed by atoms with van der Waals surface area (Å²) in [6.45, 7) is 4.13. The Hall–Kier alpha value is -2.70. The van der Waals surface area contributed by atoms with Crippen LogP contribution in [0.25, 0.3) is 0 Å². The van der Waals surface area contributed by atoms with E-state index in [2.05, 4.69) is 5.10 Å². The number of carbonyl (C=O) groups excluding carboxylic acids is 3. The van der Waals surface area contributed by atoms with Crippen LogP contribution in [0, 0.1) is 0 Å². The molecule has 0 N–H and O–H groups in total. The zero-order chi connectivity index (χ0) is 15.4. The molecular weight excluding hydrogens is 274 g/mol. The van der Waals surface area contributed by atoms with Gasteiger partial charge in [0.15, 0.2) is 0 Å². The number of anilines is 1. The van der Waals surface area contributed by atoms with Gasteiger partial charge >= 0.3 is 11.6 Å². The van der Waals surface area contributed by atoms with Crippen LogP contribution in [-0.2, 0) is 24.8 Å². The second-order valence-electron chi connectivity index (χ2n) is 4.87. The number of para-hydroxylation sites is 1. The van der Waals surface area contributed by atoms with Crippen molar-refractivity contribution in [3.63, 3.8) is 0 Å². The van der Waals surface area contributed by atoms with Crippen molar-refractivity contribution < 1.29 is 19.1 Å². The lowest BCUT2D eigenvalue weighted by Gasteiger charge is -2.28. The summed E-state index contributed by atoms with van der Waals surface area (Å²) in [5.74, 6) is -1.33. The Bertz CT molecular complexity index is 712. The summed E-state index contributed by atoms with van der Waals surface area (Å²) in [7, 11) is 0. The molecule has 0 radical (unpaired) electrons. The van der Waals surface area contributed by atoms with Crippen molar-refractivity contribution in [2.24, 2.45) is 5.10 Å². The highest BCUT2D eigenvalue weighted by molar-refractivity contribution is 6.22. The number of ether oxygens (including phenoxy) is 1. The Labute approximate surface area is 120 Å². The van der Waals surface area contributed by atoms with Crippen molar-refractivity contribution in [2.75, 3.05) is 4.90 Å². The molecule has 0 aliphatic carbocycles. The zero-order valence-electron chi connectivity index (χ0n) is 11.8. The number of rotatable bonds is 0. The predicted molar refractivity (Wildman–Crippen MR) is 73.0 cm³/mol. The van der Waals surface area contributed by atoms with Crippen LogP contribution >= 0.6 is 0 Å². The molecule has 1 aromatic carbocycles. The van der Waals surface area contributed by atoms with Gasteiger partial charge in [-0.25, -0.2) is 4.90 Å². The number of nitrogens with zero attached hydrogens (tertiary/aromatic N) is 3. The Balaban J connectivity index is 2.27. The van der Waals surface area contributed by atoms with Gasteiger partial charge in [0.1, 0.15) is 0 Å². The van der Waals surface area contributed by atoms with Gasteiger partial charge in [-0.2, -0.15) is 5.01 Å². The first kappa shape index (κ1) is 13.3. The largest absolute Gasteiger partial charge is 0.438 e. The first-order chi connectivity index (χ1) is 9.89. The third-order valence-corrected chi connectivity index (χ3v) is 3.45. The molecular formula is C14H13N3O4.